The average Bonchev–Trinajstić information content (AvgIpc) is 3.57. The molecule has 0 aliphatic carbocycles. The first-order valence-corrected chi connectivity index (χ1v) is 22.0. The van der Waals surface area contributed by atoms with Gasteiger partial charge in [-0.2, -0.15) is 0 Å². The Balaban J connectivity index is 1.44. The Morgan fingerprint density at radius 3 is 1.74 bits per heavy atom. The van der Waals surface area contributed by atoms with Gasteiger partial charge in [-0.3, -0.25) is 19.3 Å². The van der Waals surface area contributed by atoms with E-state index >= 15 is 4.57 Å². The van der Waals surface area contributed by atoms with E-state index in [0.29, 0.717) is 33.8 Å². The summed E-state index contributed by atoms with van der Waals surface area (Å²) in [6.07, 6.45) is 1.54. The van der Waals surface area contributed by atoms with Gasteiger partial charge in [0.2, 0.25) is 0 Å². The van der Waals surface area contributed by atoms with Crippen molar-refractivity contribution < 1.29 is 24.0 Å². The second kappa shape index (κ2) is 19.0. The summed E-state index contributed by atoms with van der Waals surface area (Å²) in [6.45, 7) is 8.09. The van der Waals surface area contributed by atoms with Crippen molar-refractivity contribution in [2.45, 2.75) is 63.9 Å². The number of nitrogens with one attached hydrogen (secondary N) is 2. The van der Waals surface area contributed by atoms with Gasteiger partial charge in [0.25, 0.3) is 13.5 Å². The van der Waals surface area contributed by atoms with Crippen LogP contribution in [0, 0.1) is 0 Å². The number of carboxylic acids is 1. The number of nitrogens with zero attached hydrogens (tertiary/aromatic N) is 4. The highest BCUT2D eigenvalue weighted by Gasteiger charge is 2.59. The van der Waals surface area contributed by atoms with Crippen LogP contribution in [0.3, 0.4) is 0 Å². The van der Waals surface area contributed by atoms with Crippen molar-refractivity contribution in [3.63, 3.8) is 0 Å². The number of aliphatic carboxylic acids is 1. The fourth-order valence-electron chi connectivity index (χ4n) is 8.23. The van der Waals surface area contributed by atoms with Crippen molar-refractivity contribution in [1.82, 2.24) is 19.4 Å². The molecule has 1 aliphatic heterocycles. The van der Waals surface area contributed by atoms with Crippen LogP contribution in [0.4, 0.5) is 5.69 Å². The van der Waals surface area contributed by atoms with Crippen LogP contribution in [0.15, 0.2) is 169 Å². The Morgan fingerprint density at radius 2 is 1.23 bits per heavy atom. The van der Waals surface area contributed by atoms with E-state index in [1.54, 1.807) is 74.0 Å². The summed E-state index contributed by atoms with van der Waals surface area (Å²) in [4.78, 5) is 36.8. The van der Waals surface area contributed by atoms with Crippen LogP contribution in [0.2, 0.25) is 0 Å². The van der Waals surface area contributed by atoms with Crippen LogP contribution in [0.25, 0.3) is 0 Å². The Labute approximate surface area is 357 Å². The molecule has 1 fully saturated rings. The Hall–Kier alpha value is -6.23. The SMILES string of the molecule is COc1ccc([C@H](NP2(=O)N(C(C)C)[C@H](c3ccccc3)[C@@H](c3ccccc3)N2C(C)C)[C@@H](N=C(c2ccccc2)c2ccccc2NC(=O)c2ccccn2)C(=O)O)cc1. The molecule has 5 aromatic carbocycles. The largest absolute Gasteiger partial charge is 0.497 e. The summed E-state index contributed by atoms with van der Waals surface area (Å²) in [5, 5.41) is 18.0. The second-order valence-electron chi connectivity index (χ2n) is 15.4. The molecule has 7 rings (SSSR count). The van der Waals surface area contributed by atoms with Gasteiger partial charge in [0.1, 0.15) is 11.4 Å². The Bertz CT molecular complexity index is 2430. The van der Waals surface area contributed by atoms with Crippen LogP contribution in [-0.4, -0.2) is 62.3 Å². The van der Waals surface area contributed by atoms with Gasteiger partial charge in [-0.25, -0.2) is 19.2 Å². The number of amides is 1. The van der Waals surface area contributed by atoms with Crippen molar-refractivity contribution in [2.75, 3.05) is 12.4 Å². The van der Waals surface area contributed by atoms with Crippen LogP contribution in [-0.2, 0) is 9.36 Å². The van der Waals surface area contributed by atoms with Crippen LogP contribution >= 0.6 is 7.59 Å². The van der Waals surface area contributed by atoms with Gasteiger partial charge >= 0.3 is 5.97 Å². The maximum absolute atomic E-state index is 16.7. The highest BCUT2D eigenvalue weighted by molar-refractivity contribution is 7.57. The lowest BCUT2D eigenvalue weighted by molar-refractivity contribution is -0.139. The number of rotatable bonds is 15. The van der Waals surface area contributed by atoms with Crippen molar-refractivity contribution in [3.8, 4) is 5.75 Å². The van der Waals surface area contributed by atoms with E-state index in [1.165, 1.54) is 0 Å². The van der Waals surface area contributed by atoms with Crippen molar-refractivity contribution in [3.05, 3.63) is 197 Å². The molecule has 0 unspecified atom stereocenters. The van der Waals surface area contributed by atoms with Gasteiger partial charge in [-0.1, -0.05) is 127 Å². The van der Waals surface area contributed by atoms with E-state index in [2.05, 4.69) is 39.7 Å². The maximum atomic E-state index is 16.7. The monoisotopic (exact) mass is 834 g/mol. The van der Waals surface area contributed by atoms with Crippen molar-refractivity contribution in [2.24, 2.45) is 4.99 Å². The Morgan fingerprint density at radius 1 is 0.705 bits per heavy atom. The third-order valence-electron chi connectivity index (χ3n) is 10.8. The molecule has 6 aromatic rings. The van der Waals surface area contributed by atoms with E-state index in [9.17, 15) is 14.7 Å². The van der Waals surface area contributed by atoms with E-state index in [0.717, 1.165) is 11.1 Å². The Kier molecular flexibility index (Phi) is 13.4. The zero-order chi connectivity index (χ0) is 43.1. The molecular weight excluding hydrogens is 784 g/mol. The summed E-state index contributed by atoms with van der Waals surface area (Å²) < 4.78 is 26.3. The summed E-state index contributed by atoms with van der Waals surface area (Å²) in [7, 11) is -2.37. The molecule has 11 nitrogen and oxygen atoms in total. The summed E-state index contributed by atoms with van der Waals surface area (Å²) in [5.74, 6) is -1.10. The topological polar surface area (TPSA) is 136 Å². The smallest absolute Gasteiger partial charge is 0.330 e. The van der Waals surface area contributed by atoms with Crippen LogP contribution in [0.5, 0.6) is 5.75 Å². The molecule has 0 radical (unpaired) electrons. The number of methoxy groups -OCH3 is 1. The summed E-state index contributed by atoms with van der Waals surface area (Å²) in [6, 6.07) is 44.8. The van der Waals surface area contributed by atoms with Crippen LogP contribution < -0.4 is 15.1 Å². The maximum Gasteiger partial charge on any atom is 0.330 e. The van der Waals surface area contributed by atoms with E-state index in [1.807, 2.05) is 110 Å². The number of aromatic nitrogens is 1. The minimum absolute atomic E-state index is 0.219. The molecule has 3 N–H and O–H groups in total. The predicted octanol–water partition coefficient (Wildman–Crippen LogP) is 9.99. The first kappa shape index (κ1) is 42.9. The number of para-hydroxylation sites is 1. The lowest BCUT2D eigenvalue weighted by Gasteiger charge is -2.39. The minimum Gasteiger partial charge on any atom is -0.497 e. The minimum atomic E-state index is -3.94. The molecule has 0 bridgehead atoms. The number of aliphatic imine (C=N–C) groups is 1. The quantitative estimate of drug-likeness (QED) is 0.0682. The number of pyridine rings is 1. The number of carbonyl (C=O) groups excluding carboxylic acids is 1. The zero-order valence-electron chi connectivity index (χ0n) is 34.9. The molecule has 12 heteroatoms. The molecule has 1 aliphatic rings. The van der Waals surface area contributed by atoms with Gasteiger partial charge in [0, 0.05) is 29.4 Å². The molecule has 1 amide bonds. The fourth-order valence-corrected chi connectivity index (χ4v) is 11.8. The number of ether oxygens (including phenoxy) is 1. The molecule has 0 saturated carbocycles. The van der Waals surface area contributed by atoms with Gasteiger partial charge < -0.3 is 15.2 Å². The molecule has 312 valence electrons. The molecule has 1 saturated heterocycles. The molecule has 61 heavy (non-hydrogen) atoms. The molecular formula is C49H51N6O5P. The standard InChI is InChI=1S/C49H51N6O5P/c1-33(2)54-46(37-21-11-7-12-22-37)47(38-23-13-8-14-24-38)55(34(3)4)61(54,59)53-44(36-28-30-39(60-5)31-29-36)45(49(57)58)52-43(35-19-9-6-10-20-35)40-25-15-16-26-41(40)51-48(56)42-27-17-18-32-50-42/h6-34,44-47H,1-5H3,(H,51,56)(H,53,59)(H,57,58)/t44-,45+,46+,47+/m0/s1. The number of carbonyl (C=O) groups is 2. The van der Waals surface area contributed by atoms with E-state index < -0.39 is 31.6 Å². The second-order valence-corrected chi connectivity index (χ2v) is 17.7. The number of anilines is 1. The molecule has 0 spiro atoms. The molecule has 4 atom stereocenters. The third-order valence-corrected chi connectivity index (χ3v) is 14.1. The van der Waals surface area contributed by atoms with Gasteiger partial charge in [-0.05, 0) is 74.7 Å². The van der Waals surface area contributed by atoms with Crippen molar-refractivity contribution in [1.29, 1.82) is 0 Å². The van der Waals surface area contributed by atoms with Crippen molar-refractivity contribution >= 4 is 30.9 Å². The third kappa shape index (κ3) is 9.11. The normalized spacial score (nSPS) is 17.9. The first-order chi connectivity index (χ1) is 29.5. The first-order valence-electron chi connectivity index (χ1n) is 20.4. The van der Waals surface area contributed by atoms with Gasteiger partial charge in [0.15, 0.2) is 6.04 Å². The summed E-state index contributed by atoms with van der Waals surface area (Å²) in [5.41, 5.74) is 4.58. The highest BCUT2D eigenvalue weighted by Crippen LogP contribution is 2.69. The number of benzene rings is 5. The molecule has 2 heterocycles. The lowest BCUT2D eigenvalue weighted by Crippen LogP contribution is -2.42. The van der Waals surface area contributed by atoms with Gasteiger partial charge in [0.05, 0.1) is 36.6 Å². The van der Waals surface area contributed by atoms with E-state index in [-0.39, 0.29) is 29.9 Å². The zero-order valence-corrected chi connectivity index (χ0v) is 35.8. The highest BCUT2D eigenvalue weighted by atomic mass is 31.2. The number of hydrogen-bond donors (Lipinski definition) is 3. The summed E-state index contributed by atoms with van der Waals surface area (Å²) >= 11 is 0. The average molecular weight is 835 g/mol. The van der Waals surface area contributed by atoms with Crippen LogP contribution in [0.1, 0.15) is 84.1 Å². The van der Waals surface area contributed by atoms with E-state index in [4.69, 9.17) is 9.73 Å². The van der Waals surface area contributed by atoms with Gasteiger partial charge in [-0.15, -0.1) is 0 Å². The number of hydrogen-bond acceptors (Lipinski definition) is 6. The predicted molar refractivity (Wildman–Crippen MR) is 241 cm³/mol. The fraction of sp³-hybridized carbons (Fsp3) is 0.224. The molecule has 1 aromatic heterocycles. The lowest BCUT2D eigenvalue weighted by atomic mass is 9.92. The number of carboxylic acid groups (broad SMARTS) is 1.